The van der Waals surface area contributed by atoms with Crippen molar-refractivity contribution in [3.63, 3.8) is 0 Å². The minimum Gasteiger partial charge on any atom is -0.389 e. The van der Waals surface area contributed by atoms with Crippen LogP contribution in [0.4, 0.5) is 4.39 Å². The molecule has 4 aliphatic rings. The number of piperidine rings is 1. The van der Waals surface area contributed by atoms with E-state index in [9.17, 15) is 33.5 Å². The van der Waals surface area contributed by atoms with Crippen molar-refractivity contribution in [2.45, 2.75) is 89.0 Å². The molecule has 4 fully saturated rings. The predicted molar refractivity (Wildman–Crippen MR) is 119 cm³/mol. The first-order valence-electron chi connectivity index (χ1n) is 11.8. The average molecular weight is 483 g/mol. The Bertz CT molecular complexity index is 850. The molecule has 3 saturated carbocycles. The predicted octanol–water partition coefficient (Wildman–Crippen LogP) is -0.369. The lowest BCUT2D eigenvalue weighted by atomic mass is 9.47. The average Bonchev–Trinajstić information content (AvgIpc) is 2.70. The maximum Gasteiger partial charge on any atom is 0.309 e. The summed E-state index contributed by atoms with van der Waals surface area (Å²) in [6.45, 7) is 5.30. The lowest BCUT2D eigenvalue weighted by Gasteiger charge is -2.65. The third-order valence-electron chi connectivity index (χ3n) is 6.77. The van der Waals surface area contributed by atoms with E-state index in [1.807, 2.05) is 20.8 Å². The van der Waals surface area contributed by atoms with Gasteiger partial charge in [0.2, 0.25) is 11.8 Å². The number of ketones is 1. The van der Waals surface area contributed by atoms with Gasteiger partial charge in [0.15, 0.2) is 5.78 Å². The molecule has 1 aliphatic heterocycles. The van der Waals surface area contributed by atoms with E-state index in [2.05, 4.69) is 21.3 Å². The molecule has 1 unspecified atom stereocenters. The van der Waals surface area contributed by atoms with Gasteiger partial charge in [-0.1, -0.05) is 20.8 Å². The summed E-state index contributed by atoms with van der Waals surface area (Å²) in [6, 6.07) is -2.24. The summed E-state index contributed by atoms with van der Waals surface area (Å²) in [5.74, 6) is -3.98. The quantitative estimate of drug-likeness (QED) is 0.283. The number of Topliss-reactive ketones (excluding diaryl/α,β-unsaturated/α-hetero) is 1. The lowest BCUT2D eigenvalue weighted by Crippen LogP contribution is -2.77. The molecule has 1 saturated heterocycles. The second kappa shape index (κ2) is 9.59. The molecule has 3 atom stereocenters. The standard InChI is InChI=1S/C23H35FN4O6/c1-21(2,3)8-15(27-19(33)20(34)28-23-10-22(24,11-23)12-23)18(32)26-14(16(30)9-29)7-13-5-4-6-25-17(13)31/h13-15,29H,4-12H2,1-3H3,(H,25,31)(H,26,32)(H,27,33)(H,28,34)/t13?,14-,15-,22?,23?/m0/s1. The van der Waals surface area contributed by atoms with E-state index in [4.69, 9.17) is 0 Å². The highest BCUT2D eigenvalue weighted by atomic mass is 19.1. The van der Waals surface area contributed by atoms with Crippen molar-refractivity contribution in [3.8, 4) is 0 Å². The van der Waals surface area contributed by atoms with Gasteiger partial charge in [-0.05, 0) is 31.1 Å². The number of hydrogen-bond acceptors (Lipinski definition) is 6. The minimum absolute atomic E-state index is 0.0289. The van der Waals surface area contributed by atoms with Crippen LogP contribution in [0.5, 0.6) is 0 Å². The van der Waals surface area contributed by atoms with Crippen molar-refractivity contribution in [2.75, 3.05) is 13.2 Å². The van der Waals surface area contributed by atoms with Crippen LogP contribution >= 0.6 is 0 Å². The van der Waals surface area contributed by atoms with Crippen LogP contribution in [-0.2, 0) is 24.0 Å². The molecule has 10 nitrogen and oxygen atoms in total. The molecule has 0 aromatic rings. The zero-order valence-electron chi connectivity index (χ0n) is 20.0. The molecule has 4 rings (SSSR count). The largest absolute Gasteiger partial charge is 0.389 e. The molecule has 0 spiro atoms. The number of halogens is 1. The van der Waals surface area contributed by atoms with Crippen LogP contribution < -0.4 is 21.3 Å². The molecule has 34 heavy (non-hydrogen) atoms. The van der Waals surface area contributed by atoms with Crippen LogP contribution in [0, 0.1) is 11.3 Å². The van der Waals surface area contributed by atoms with Crippen LogP contribution in [0.25, 0.3) is 0 Å². The van der Waals surface area contributed by atoms with Crippen molar-refractivity contribution < 1.29 is 33.5 Å². The third kappa shape index (κ3) is 6.11. The summed E-state index contributed by atoms with van der Waals surface area (Å²) in [7, 11) is 0. The van der Waals surface area contributed by atoms with Crippen LogP contribution in [-0.4, -0.2) is 71.0 Å². The van der Waals surface area contributed by atoms with E-state index in [0.717, 1.165) is 6.42 Å². The summed E-state index contributed by atoms with van der Waals surface area (Å²) in [5.41, 5.74) is -2.33. The van der Waals surface area contributed by atoms with Crippen molar-refractivity contribution in [1.82, 2.24) is 21.3 Å². The summed E-state index contributed by atoms with van der Waals surface area (Å²) in [6.07, 6.45) is 2.05. The van der Waals surface area contributed by atoms with Gasteiger partial charge in [0.05, 0.1) is 6.04 Å². The highest BCUT2D eigenvalue weighted by Crippen LogP contribution is 2.62. The monoisotopic (exact) mass is 482 g/mol. The number of aliphatic hydroxyl groups is 1. The van der Waals surface area contributed by atoms with E-state index >= 15 is 0 Å². The molecule has 4 amide bonds. The first-order chi connectivity index (χ1) is 15.7. The first kappa shape index (κ1) is 26.1. The fourth-order valence-electron chi connectivity index (χ4n) is 5.14. The summed E-state index contributed by atoms with van der Waals surface area (Å²) in [4.78, 5) is 62.4. The van der Waals surface area contributed by atoms with Gasteiger partial charge >= 0.3 is 11.8 Å². The van der Waals surface area contributed by atoms with Gasteiger partial charge in [-0.25, -0.2) is 4.39 Å². The van der Waals surface area contributed by atoms with Crippen molar-refractivity contribution in [1.29, 1.82) is 0 Å². The van der Waals surface area contributed by atoms with E-state index in [0.29, 0.717) is 13.0 Å². The molecule has 5 N–H and O–H groups in total. The lowest BCUT2D eigenvalue weighted by molar-refractivity contribution is -0.177. The van der Waals surface area contributed by atoms with Gasteiger partial charge in [0, 0.05) is 37.3 Å². The number of nitrogens with one attached hydrogen (secondary N) is 4. The minimum atomic E-state index is -1.23. The van der Waals surface area contributed by atoms with Gasteiger partial charge in [0.25, 0.3) is 0 Å². The van der Waals surface area contributed by atoms with Crippen LogP contribution in [0.1, 0.15) is 65.7 Å². The number of amides is 4. The summed E-state index contributed by atoms with van der Waals surface area (Å²) in [5, 5.41) is 19.6. The fourth-order valence-corrected chi connectivity index (χ4v) is 5.14. The number of rotatable bonds is 9. The molecule has 1 heterocycles. The highest BCUT2D eigenvalue weighted by molar-refractivity contribution is 6.35. The summed E-state index contributed by atoms with van der Waals surface area (Å²) >= 11 is 0. The van der Waals surface area contributed by atoms with E-state index in [-0.39, 0.29) is 38.0 Å². The number of aliphatic hydroxyl groups excluding tert-OH is 1. The van der Waals surface area contributed by atoms with E-state index < -0.39 is 64.7 Å². The molecular formula is C23H35FN4O6. The Hall–Kier alpha value is -2.56. The number of carbonyl (C=O) groups is 5. The van der Waals surface area contributed by atoms with Gasteiger partial charge < -0.3 is 26.4 Å². The molecule has 0 aromatic carbocycles. The van der Waals surface area contributed by atoms with E-state index in [1.54, 1.807) is 0 Å². The SMILES string of the molecule is CC(C)(C)C[C@H](NC(=O)C(=O)NC12CC(F)(C1)C2)C(=O)N[C@@H](CC1CCCNC1=O)C(=O)CO. The Kier molecular flexibility index (Phi) is 7.35. The van der Waals surface area contributed by atoms with Crippen LogP contribution in [0.3, 0.4) is 0 Å². The number of carbonyl (C=O) groups excluding carboxylic acids is 5. The van der Waals surface area contributed by atoms with E-state index in [1.165, 1.54) is 0 Å². The van der Waals surface area contributed by atoms with Crippen molar-refractivity contribution in [3.05, 3.63) is 0 Å². The Balaban J connectivity index is 1.64. The highest BCUT2D eigenvalue weighted by Gasteiger charge is 2.70. The fraction of sp³-hybridized carbons (Fsp3) is 0.783. The van der Waals surface area contributed by atoms with Crippen LogP contribution in [0.15, 0.2) is 0 Å². The second-order valence-electron chi connectivity index (χ2n) is 11.3. The Morgan fingerprint density at radius 1 is 1.12 bits per heavy atom. The van der Waals surface area contributed by atoms with Gasteiger partial charge in [-0.2, -0.15) is 0 Å². The number of alkyl halides is 1. The maximum atomic E-state index is 13.7. The molecule has 0 radical (unpaired) electrons. The first-order valence-corrected chi connectivity index (χ1v) is 11.8. The number of hydrogen-bond donors (Lipinski definition) is 5. The second-order valence-corrected chi connectivity index (χ2v) is 11.3. The van der Waals surface area contributed by atoms with Crippen molar-refractivity contribution >= 4 is 29.4 Å². The zero-order valence-corrected chi connectivity index (χ0v) is 20.0. The van der Waals surface area contributed by atoms with Crippen LogP contribution in [0.2, 0.25) is 0 Å². The molecule has 2 bridgehead atoms. The summed E-state index contributed by atoms with van der Waals surface area (Å²) < 4.78 is 13.7. The molecule has 0 aromatic heterocycles. The van der Waals surface area contributed by atoms with Crippen molar-refractivity contribution in [2.24, 2.45) is 11.3 Å². The topological polar surface area (TPSA) is 154 Å². The van der Waals surface area contributed by atoms with Gasteiger partial charge in [-0.3, -0.25) is 24.0 Å². The molecule has 190 valence electrons. The molecular weight excluding hydrogens is 447 g/mol. The zero-order chi connectivity index (χ0) is 25.3. The van der Waals surface area contributed by atoms with Gasteiger partial charge in [-0.15, -0.1) is 0 Å². The molecule has 3 aliphatic carbocycles. The Labute approximate surface area is 198 Å². The maximum absolute atomic E-state index is 13.7. The Morgan fingerprint density at radius 2 is 1.76 bits per heavy atom. The van der Waals surface area contributed by atoms with Gasteiger partial charge in [0.1, 0.15) is 18.3 Å². The smallest absolute Gasteiger partial charge is 0.309 e. The molecule has 11 heteroatoms. The normalized spacial score (nSPS) is 29.4. The Morgan fingerprint density at radius 3 is 2.29 bits per heavy atom. The third-order valence-corrected chi connectivity index (χ3v) is 6.77.